The summed E-state index contributed by atoms with van der Waals surface area (Å²) in [5.41, 5.74) is 0.301. The number of rotatable bonds is 5. The second-order valence-electron chi connectivity index (χ2n) is 6.20. The minimum atomic E-state index is 0.301. The number of fused-ring (bicyclic) bond motifs is 1. The fourth-order valence-electron chi connectivity index (χ4n) is 3.67. The standard InChI is InChI=1S/C14H24N4O/c1-12(2)19-11-14-5-3-8-18(14)13(4-6-14)10-17-9-7-15-16-17/h7,9,12-13H,3-6,8,10-11H2,1-2H3. The third-order valence-electron chi connectivity index (χ3n) is 4.59. The second kappa shape index (κ2) is 5.21. The van der Waals surface area contributed by atoms with Crippen LogP contribution >= 0.6 is 0 Å². The van der Waals surface area contributed by atoms with E-state index in [9.17, 15) is 0 Å². The summed E-state index contributed by atoms with van der Waals surface area (Å²) in [5, 5.41) is 8.00. The lowest BCUT2D eigenvalue weighted by molar-refractivity contribution is -0.00669. The molecule has 2 atom stereocenters. The van der Waals surface area contributed by atoms with E-state index in [0.29, 0.717) is 17.7 Å². The van der Waals surface area contributed by atoms with E-state index in [1.807, 2.05) is 10.9 Å². The van der Waals surface area contributed by atoms with Crippen LogP contribution in [0.15, 0.2) is 12.4 Å². The first-order chi connectivity index (χ1) is 9.20. The van der Waals surface area contributed by atoms with Crippen molar-refractivity contribution in [2.24, 2.45) is 0 Å². The molecule has 0 amide bonds. The maximum absolute atomic E-state index is 5.94. The van der Waals surface area contributed by atoms with E-state index in [4.69, 9.17) is 4.74 Å². The van der Waals surface area contributed by atoms with Crippen molar-refractivity contribution in [3.8, 4) is 0 Å². The first-order valence-corrected chi connectivity index (χ1v) is 7.42. The van der Waals surface area contributed by atoms with Crippen molar-refractivity contribution >= 4 is 0 Å². The van der Waals surface area contributed by atoms with Crippen LogP contribution in [0.1, 0.15) is 39.5 Å². The lowest BCUT2D eigenvalue weighted by atomic mass is 9.95. The van der Waals surface area contributed by atoms with Crippen molar-refractivity contribution in [3.05, 3.63) is 12.4 Å². The lowest BCUT2D eigenvalue weighted by Gasteiger charge is -2.35. The molecule has 1 aromatic heterocycles. The molecule has 3 heterocycles. The van der Waals surface area contributed by atoms with Gasteiger partial charge < -0.3 is 4.74 Å². The van der Waals surface area contributed by atoms with Crippen LogP contribution in [-0.4, -0.2) is 50.7 Å². The van der Waals surface area contributed by atoms with E-state index >= 15 is 0 Å². The van der Waals surface area contributed by atoms with Crippen LogP contribution < -0.4 is 0 Å². The van der Waals surface area contributed by atoms with Gasteiger partial charge in [-0.15, -0.1) is 5.10 Å². The van der Waals surface area contributed by atoms with Gasteiger partial charge in [0, 0.05) is 17.8 Å². The predicted molar refractivity (Wildman–Crippen MR) is 72.8 cm³/mol. The van der Waals surface area contributed by atoms with E-state index < -0.39 is 0 Å². The molecule has 106 valence electrons. The Hall–Kier alpha value is -0.940. The Kier molecular flexibility index (Phi) is 3.58. The molecule has 0 N–H and O–H groups in total. The molecule has 2 saturated heterocycles. The zero-order valence-electron chi connectivity index (χ0n) is 12.0. The molecule has 0 aromatic carbocycles. The van der Waals surface area contributed by atoms with Gasteiger partial charge in [-0.25, -0.2) is 0 Å². The molecule has 3 rings (SSSR count). The van der Waals surface area contributed by atoms with Gasteiger partial charge >= 0.3 is 0 Å². The van der Waals surface area contributed by atoms with Gasteiger partial charge in [-0.1, -0.05) is 5.21 Å². The van der Waals surface area contributed by atoms with Crippen molar-refractivity contribution in [3.63, 3.8) is 0 Å². The highest BCUT2D eigenvalue weighted by Crippen LogP contribution is 2.43. The Morgan fingerprint density at radius 2 is 2.32 bits per heavy atom. The zero-order valence-corrected chi connectivity index (χ0v) is 12.0. The molecule has 1 aromatic rings. The van der Waals surface area contributed by atoms with Gasteiger partial charge in [-0.05, 0) is 46.1 Å². The smallest absolute Gasteiger partial charge is 0.0692 e. The molecule has 5 heteroatoms. The molecule has 2 aliphatic heterocycles. The summed E-state index contributed by atoms with van der Waals surface area (Å²) < 4.78 is 7.90. The van der Waals surface area contributed by atoms with Crippen LogP contribution in [0.25, 0.3) is 0 Å². The van der Waals surface area contributed by atoms with Crippen molar-refractivity contribution < 1.29 is 4.74 Å². The van der Waals surface area contributed by atoms with Crippen LogP contribution in [0.2, 0.25) is 0 Å². The Morgan fingerprint density at radius 3 is 3.05 bits per heavy atom. The topological polar surface area (TPSA) is 43.2 Å². The molecule has 5 nitrogen and oxygen atoms in total. The summed E-state index contributed by atoms with van der Waals surface area (Å²) >= 11 is 0. The highest BCUT2D eigenvalue weighted by Gasteiger charge is 2.49. The number of hydrogen-bond donors (Lipinski definition) is 0. The van der Waals surface area contributed by atoms with Gasteiger partial charge in [-0.3, -0.25) is 9.58 Å². The summed E-state index contributed by atoms with van der Waals surface area (Å²) in [4.78, 5) is 2.68. The molecule has 0 radical (unpaired) electrons. The van der Waals surface area contributed by atoms with E-state index in [2.05, 4.69) is 29.1 Å². The Morgan fingerprint density at radius 1 is 1.42 bits per heavy atom. The highest BCUT2D eigenvalue weighted by molar-refractivity contribution is 5.04. The summed E-state index contributed by atoms with van der Waals surface area (Å²) in [6.07, 6.45) is 9.14. The first kappa shape index (κ1) is 13.1. The third-order valence-corrected chi connectivity index (χ3v) is 4.59. The zero-order chi connectivity index (χ0) is 13.3. The average molecular weight is 264 g/mol. The predicted octanol–water partition coefficient (Wildman–Crippen LogP) is 1.70. The SMILES string of the molecule is CC(C)OCC12CCCN1C(Cn1ccnn1)CC2. The fraction of sp³-hybridized carbons (Fsp3) is 0.857. The quantitative estimate of drug-likeness (QED) is 0.812. The number of ether oxygens (including phenoxy) is 1. The molecule has 0 saturated carbocycles. The van der Waals surface area contributed by atoms with Crippen LogP contribution in [0.4, 0.5) is 0 Å². The van der Waals surface area contributed by atoms with Crippen molar-refractivity contribution in [2.45, 2.75) is 63.8 Å². The number of hydrogen-bond acceptors (Lipinski definition) is 4. The first-order valence-electron chi connectivity index (χ1n) is 7.42. The van der Waals surface area contributed by atoms with Crippen LogP contribution in [0.5, 0.6) is 0 Å². The maximum atomic E-state index is 5.94. The van der Waals surface area contributed by atoms with Gasteiger partial charge in [0.1, 0.15) is 0 Å². The van der Waals surface area contributed by atoms with Crippen LogP contribution in [0.3, 0.4) is 0 Å². The van der Waals surface area contributed by atoms with Gasteiger partial charge in [0.05, 0.1) is 25.5 Å². The number of nitrogens with zero attached hydrogens (tertiary/aromatic N) is 4. The van der Waals surface area contributed by atoms with Crippen LogP contribution in [0, 0.1) is 0 Å². The van der Waals surface area contributed by atoms with Gasteiger partial charge in [0.15, 0.2) is 0 Å². The Bertz CT molecular complexity index is 406. The van der Waals surface area contributed by atoms with Gasteiger partial charge in [0.25, 0.3) is 0 Å². The number of aromatic nitrogens is 3. The van der Waals surface area contributed by atoms with E-state index in [1.54, 1.807) is 6.20 Å². The van der Waals surface area contributed by atoms with Crippen molar-refractivity contribution in [1.29, 1.82) is 0 Å². The molecule has 2 unspecified atom stereocenters. The monoisotopic (exact) mass is 264 g/mol. The molecular weight excluding hydrogens is 240 g/mol. The summed E-state index contributed by atoms with van der Waals surface area (Å²) in [6.45, 7) is 7.30. The minimum absolute atomic E-state index is 0.301. The largest absolute Gasteiger partial charge is 0.377 e. The molecule has 19 heavy (non-hydrogen) atoms. The van der Waals surface area contributed by atoms with Gasteiger partial charge in [0.2, 0.25) is 0 Å². The molecule has 0 bridgehead atoms. The Balaban J connectivity index is 1.67. The third kappa shape index (κ3) is 2.54. The van der Waals surface area contributed by atoms with Crippen molar-refractivity contribution in [2.75, 3.05) is 13.2 Å². The summed E-state index contributed by atoms with van der Waals surface area (Å²) in [5.74, 6) is 0. The average Bonchev–Trinajstić information content (AvgIpc) is 3.06. The van der Waals surface area contributed by atoms with E-state index in [0.717, 1.165) is 13.2 Å². The van der Waals surface area contributed by atoms with E-state index in [-0.39, 0.29) is 0 Å². The summed E-state index contributed by atoms with van der Waals surface area (Å²) in [6, 6.07) is 0.597. The van der Waals surface area contributed by atoms with Crippen LogP contribution in [-0.2, 0) is 11.3 Å². The Labute approximate surface area is 114 Å². The van der Waals surface area contributed by atoms with Gasteiger partial charge in [-0.2, -0.15) is 0 Å². The molecule has 0 spiro atoms. The lowest BCUT2D eigenvalue weighted by Crippen LogP contribution is -2.47. The molecule has 2 aliphatic rings. The molecule has 2 fully saturated rings. The second-order valence-corrected chi connectivity index (χ2v) is 6.20. The summed E-state index contributed by atoms with van der Waals surface area (Å²) in [7, 11) is 0. The highest BCUT2D eigenvalue weighted by atomic mass is 16.5. The maximum Gasteiger partial charge on any atom is 0.0692 e. The van der Waals surface area contributed by atoms with Crippen molar-refractivity contribution in [1.82, 2.24) is 19.9 Å². The normalized spacial score (nSPS) is 31.2. The fourth-order valence-corrected chi connectivity index (χ4v) is 3.67. The van der Waals surface area contributed by atoms with E-state index in [1.165, 1.54) is 32.2 Å². The molecular formula is C14H24N4O. The molecule has 0 aliphatic carbocycles. The minimum Gasteiger partial charge on any atom is -0.377 e.